The van der Waals surface area contributed by atoms with Crippen LogP contribution in [0.5, 0.6) is 0 Å². The molecular weight excluding hydrogens is 192 g/mol. The molecule has 0 rings (SSSR count). The van der Waals surface area contributed by atoms with Crippen molar-refractivity contribution >= 4 is 0 Å². The fraction of sp³-hybridized carbons (Fsp3) is 0.375. The smallest absolute Gasteiger partial charge is 0.0347 e. The molecule has 0 aromatic rings. The third-order valence-corrected chi connectivity index (χ3v) is 2.09. The molecule has 0 saturated heterocycles. The molecule has 88 valence electrons. The van der Waals surface area contributed by atoms with Gasteiger partial charge in [0, 0.05) is 0 Å². The maximum Gasteiger partial charge on any atom is -0.0347 e. The normalized spacial score (nSPS) is 12.6. The summed E-state index contributed by atoms with van der Waals surface area (Å²) in [7, 11) is 0. The van der Waals surface area contributed by atoms with Crippen LogP contribution in [-0.2, 0) is 0 Å². The fourth-order valence-electron chi connectivity index (χ4n) is 1.20. The minimum absolute atomic E-state index is 1.10. The monoisotopic (exact) mass is 216 g/mol. The first-order chi connectivity index (χ1) is 7.91. The molecule has 0 atom stereocenters. The van der Waals surface area contributed by atoms with Gasteiger partial charge in [-0.25, -0.2) is 0 Å². The second kappa shape index (κ2) is 13.7. The van der Waals surface area contributed by atoms with Crippen LogP contribution in [0, 0.1) is 0 Å². The van der Waals surface area contributed by atoms with Crippen LogP contribution in [-0.4, -0.2) is 0 Å². The number of hydrogen-bond acceptors (Lipinski definition) is 0. The van der Waals surface area contributed by atoms with Gasteiger partial charge in [0.2, 0.25) is 0 Å². The highest BCUT2D eigenvalue weighted by Gasteiger charge is 1.80. The quantitative estimate of drug-likeness (QED) is 0.276. The SMILES string of the molecule is C=CCCCC/C=C/C=C/C=C/C=C/CC. The molecule has 0 aromatic carbocycles. The molecule has 0 aliphatic rings. The Morgan fingerprint density at radius 1 is 0.750 bits per heavy atom. The summed E-state index contributed by atoms with van der Waals surface area (Å²) >= 11 is 0. The maximum absolute atomic E-state index is 3.71. The second-order valence-electron chi connectivity index (χ2n) is 3.61. The third-order valence-electron chi connectivity index (χ3n) is 2.09. The zero-order valence-electron chi connectivity index (χ0n) is 10.4. The van der Waals surface area contributed by atoms with E-state index >= 15 is 0 Å². The van der Waals surface area contributed by atoms with E-state index in [4.69, 9.17) is 0 Å². The van der Waals surface area contributed by atoms with E-state index in [1.165, 1.54) is 12.8 Å². The van der Waals surface area contributed by atoms with Gasteiger partial charge < -0.3 is 0 Å². The summed E-state index contributed by atoms with van der Waals surface area (Å²) < 4.78 is 0. The van der Waals surface area contributed by atoms with Gasteiger partial charge in [0.25, 0.3) is 0 Å². The first-order valence-electron chi connectivity index (χ1n) is 6.17. The van der Waals surface area contributed by atoms with Crippen LogP contribution in [0.4, 0.5) is 0 Å². The Labute approximate surface area is 101 Å². The molecule has 0 saturated carbocycles. The van der Waals surface area contributed by atoms with Gasteiger partial charge in [-0.1, -0.05) is 61.6 Å². The molecule has 0 amide bonds. The van der Waals surface area contributed by atoms with Crippen molar-refractivity contribution in [3.63, 3.8) is 0 Å². The van der Waals surface area contributed by atoms with Crippen molar-refractivity contribution in [3.05, 3.63) is 61.3 Å². The lowest BCUT2D eigenvalue weighted by Crippen LogP contribution is -1.70. The Morgan fingerprint density at radius 2 is 1.31 bits per heavy atom. The van der Waals surface area contributed by atoms with E-state index in [0.717, 1.165) is 19.3 Å². The van der Waals surface area contributed by atoms with E-state index in [9.17, 15) is 0 Å². The summed E-state index contributed by atoms with van der Waals surface area (Å²) in [4.78, 5) is 0. The van der Waals surface area contributed by atoms with Crippen LogP contribution in [0.25, 0.3) is 0 Å². The molecule has 0 aromatic heterocycles. The lowest BCUT2D eigenvalue weighted by Gasteiger charge is -1.90. The van der Waals surface area contributed by atoms with Gasteiger partial charge in [0.05, 0.1) is 0 Å². The van der Waals surface area contributed by atoms with Crippen LogP contribution in [0.2, 0.25) is 0 Å². The number of rotatable bonds is 9. The molecule has 0 N–H and O–H groups in total. The lowest BCUT2D eigenvalue weighted by molar-refractivity contribution is 0.763. The zero-order chi connectivity index (χ0) is 11.9. The predicted octanol–water partition coefficient (Wildman–Crippen LogP) is 5.37. The summed E-state index contributed by atoms with van der Waals surface area (Å²) in [5, 5.41) is 0. The first kappa shape index (κ1) is 14.7. The third kappa shape index (κ3) is 12.7. The molecule has 0 aliphatic heterocycles. The standard InChI is InChI=1S/C16H24/c1-3-5-7-9-11-13-15-16-14-12-10-8-6-4-2/h3,6,8,10,12-16H,1,4-5,7,9,11H2,2H3/b8-6+,12-10+,15-13+,16-14+. The molecule has 0 fully saturated rings. The fourth-order valence-corrected chi connectivity index (χ4v) is 1.20. The van der Waals surface area contributed by atoms with Crippen molar-refractivity contribution in [1.82, 2.24) is 0 Å². The number of allylic oxidation sites excluding steroid dienone is 9. The van der Waals surface area contributed by atoms with Gasteiger partial charge in [-0.2, -0.15) is 0 Å². The Hall–Kier alpha value is -1.30. The average molecular weight is 216 g/mol. The van der Waals surface area contributed by atoms with Crippen LogP contribution >= 0.6 is 0 Å². The van der Waals surface area contributed by atoms with Gasteiger partial charge in [0.1, 0.15) is 0 Å². The topological polar surface area (TPSA) is 0 Å². The lowest BCUT2D eigenvalue weighted by atomic mass is 10.2. The Bertz CT molecular complexity index is 251. The van der Waals surface area contributed by atoms with Gasteiger partial charge in [0.15, 0.2) is 0 Å². The number of unbranched alkanes of at least 4 members (excludes halogenated alkanes) is 3. The molecule has 16 heavy (non-hydrogen) atoms. The van der Waals surface area contributed by atoms with E-state index in [0.29, 0.717) is 0 Å². The second-order valence-corrected chi connectivity index (χ2v) is 3.61. The van der Waals surface area contributed by atoms with Gasteiger partial charge in [-0.05, 0) is 32.1 Å². The minimum atomic E-state index is 1.10. The highest BCUT2D eigenvalue weighted by molar-refractivity contribution is 5.15. The van der Waals surface area contributed by atoms with Crippen molar-refractivity contribution in [2.24, 2.45) is 0 Å². The molecular formula is C16H24. The molecule has 0 nitrogen and oxygen atoms in total. The average Bonchev–Trinajstić information content (AvgIpc) is 2.31. The van der Waals surface area contributed by atoms with Gasteiger partial charge >= 0.3 is 0 Å². The van der Waals surface area contributed by atoms with E-state index in [-0.39, 0.29) is 0 Å². The highest BCUT2D eigenvalue weighted by atomic mass is 13.9. The van der Waals surface area contributed by atoms with Crippen LogP contribution in [0.1, 0.15) is 39.0 Å². The van der Waals surface area contributed by atoms with Crippen LogP contribution in [0.3, 0.4) is 0 Å². The molecule has 0 aliphatic carbocycles. The van der Waals surface area contributed by atoms with Crippen molar-refractivity contribution in [2.45, 2.75) is 39.0 Å². The van der Waals surface area contributed by atoms with E-state index < -0.39 is 0 Å². The van der Waals surface area contributed by atoms with Gasteiger partial charge in [-0.15, -0.1) is 6.58 Å². The Balaban J connectivity index is 3.44. The van der Waals surface area contributed by atoms with Crippen molar-refractivity contribution in [1.29, 1.82) is 0 Å². The van der Waals surface area contributed by atoms with E-state index in [2.05, 4.69) is 56.0 Å². The minimum Gasteiger partial charge on any atom is -0.103 e. The summed E-state index contributed by atoms with van der Waals surface area (Å²) in [6.45, 7) is 5.84. The van der Waals surface area contributed by atoms with Gasteiger partial charge in [-0.3, -0.25) is 0 Å². The summed E-state index contributed by atoms with van der Waals surface area (Å²) in [5.74, 6) is 0. The summed E-state index contributed by atoms with van der Waals surface area (Å²) in [6, 6.07) is 0. The first-order valence-corrected chi connectivity index (χ1v) is 6.17. The Kier molecular flexibility index (Phi) is 12.6. The zero-order valence-corrected chi connectivity index (χ0v) is 10.4. The number of hydrogen-bond donors (Lipinski definition) is 0. The molecule has 0 heterocycles. The van der Waals surface area contributed by atoms with E-state index in [1.807, 2.05) is 12.2 Å². The summed E-state index contributed by atoms with van der Waals surface area (Å²) in [6.07, 6.45) is 24.7. The van der Waals surface area contributed by atoms with Crippen molar-refractivity contribution in [2.75, 3.05) is 0 Å². The molecule has 0 spiro atoms. The van der Waals surface area contributed by atoms with E-state index in [1.54, 1.807) is 0 Å². The maximum atomic E-state index is 3.71. The predicted molar refractivity (Wildman–Crippen MR) is 75.5 cm³/mol. The summed E-state index contributed by atoms with van der Waals surface area (Å²) in [5.41, 5.74) is 0. The van der Waals surface area contributed by atoms with Crippen molar-refractivity contribution < 1.29 is 0 Å². The molecule has 0 heteroatoms. The molecule has 0 unspecified atom stereocenters. The largest absolute Gasteiger partial charge is 0.103 e. The van der Waals surface area contributed by atoms with Crippen LogP contribution < -0.4 is 0 Å². The Morgan fingerprint density at radius 3 is 1.94 bits per heavy atom. The van der Waals surface area contributed by atoms with Crippen molar-refractivity contribution in [3.8, 4) is 0 Å². The molecule has 0 radical (unpaired) electrons. The van der Waals surface area contributed by atoms with Crippen LogP contribution in [0.15, 0.2) is 61.3 Å². The highest BCUT2D eigenvalue weighted by Crippen LogP contribution is 2.00. The molecule has 0 bridgehead atoms.